The van der Waals surface area contributed by atoms with Crippen LogP contribution in [0, 0.1) is 0 Å². The van der Waals surface area contributed by atoms with Gasteiger partial charge in [0, 0.05) is 22.4 Å². The zero-order valence-corrected chi connectivity index (χ0v) is 35.5. The molecule has 0 unspecified atom stereocenters. The van der Waals surface area contributed by atoms with Gasteiger partial charge in [0.1, 0.15) is 0 Å². The van der Waals surface area contributed by atoms with E-state index in [-0.39, 0.29) is 5.41 Å². The summed E-state index contributed by atoms with van der Waals surface area (Å²) in [6.07, 6.45) is 0. The molecule has 0 aromatic heterocycles. The number of anilines is 3. The van der Waals surface area contributed by atoms with Crippen molar-refractivity contribution in [1.29, 1.82) is 0 Å². The molecular formula is C62H45N. The Kier molecular flexibility index (Phi) is 8.49. The number of rotatable bonds is 7. The van der Waals surface area contributed by atoms with Crippen molar-refractivity contribution in [3.63, 3.8) is 0 Å². The highest BCUT2D eigenvalue weighted by Crippen LogP contribution is 2.58. The smallest absolute Gasteiger partial charge is 0.0714 e. The van der Waals surface area contributed by atoms with Crippen molar-refractivity contribution in [1.82, 2.24) is 0 Å². The first-order chi connectivity index (χ1) is 31.0. The Bertz CT molecular complexity index is 3320. The SMILES string of the molecule is CC1(C)c2ccccc2-c2c(-c3ccccc3N(c3ccc(-c4ccc5ccccc5c4)cc3)c3ccc4c(c3)C(c3ccccc3)(c3ccccc3)c3ccccc3-4)cccc21. The second-order valence-corrected chi connectivity index (χ2v) is 17.6. The molecular weight excluding hydrogens is 759 g/mol. The van der Waals surface area contributed by atoms with Gasteiger partial charge in [0.05, 0.1) is 11.1 Å². The van der Waals surface area contributed by atoms with E-state index in [1.807, 2.05) is 0 Å². The molecule has 1 heteroatoms. The third-order valence-corrected chi connectivity index (χ3v) is 14.0. The van der Waals surface area contributed by atoms with Crippen LogP contribution in [0.15, 0.2) is 237 Å². The third kappa shape index (κ3) is 5.63. The van der Waals surface area contributed by atoms with E-state index >= 15 is 0 Å². The van der Waals surface area contributed by atoms with Crippen LogP contribution in [-0.4, -0.2) is 0 Å². The van der Waals surface area contributed by atoms with Gasteiger partial charge in [0.2, 0.25) is 0 Å². The molecule has 12 rings (SSSR count). The first-order valence-corrected chi connectivity index (χ1v) is 22.1. The first-order valence-electron chi connectivity index (χ1n) is 22.1. The molecule has 0 saturated heterocycles. The van der Waals surface area contributed by atoms with Crippen molar-refractivity contribution in [3.8, 4) is 44.5 Å². The normalized spacial score (nSPS) is 13.8. The van der Waals surface area contributed by atoms with Gasteiger partial charge in [-0.15, -0.1) is 0 Å². The third-order valence-electron chi connectivity index (χ3n) is 14.0. The molecule has 0 saturated carbocycles. The number of benzene rings is 10. The van der Waals surface area contributed by atoms with Crippen LogP contribution in [0.5, 0.6) is 0 Å². The summed E-state index contributed by atoms with van der Waals surface area (Å²) in [5.74, 6) is 0. The predicted molar refractivity (Wildman–Crippen MR) is 264 cm³/mol. The fraction of sp³-hybridized carbons (Fsp3) is 0.0645. The summed E-state index contributed by atoms with van der Waals surface area (Å²) >= 11 is 0. The van der Waals surface area contributed by atoms with Gasteiger partial charge in [-0.25, -0.2) is 0 Å². The molecule has 10 aromatic carbocycles. The second-order valence-electron chi connectivity index (χ2n) is 17.6. The number of nitrogens with zero attached hydrogens (tertiary/aromatic N) is 1. The number of hydrogen-bond acceptors (Lipinski definition) is 1. The van der Waals surface area contributed by atoms with Gasteiger partial charge in [-0.05, 0) is 119 Å². The highest BCUT2D eigenvalue weighted by Gasteiger charge is 2.46. The van der Waals surface area contributed by atoms with E-state index in [0.717, 1.165) is 17.1 Å². The highest BCUT2D eigenvalue weighted by molar-refractivity contribution is 5.99. The van der Waals surface area contributed by atoms with E-state index in [1.165, 1.54) is 88.7 Å². The lowest BCUT2D eigenvalue weighted by Crippen LogP contribution is -2.28. The van der Waals surface area contributed by atoms with E-state index < -0.39 is 5.41 Å². The average Bonchev–Trinajstić information content (AvgIpc) is 3.78. The summed E-state index contributed by atoms with van der Waals surface area (Å²) in [5.41, 5.74) is 20.6. The van der Waals surface area contributed by atoms with Crippen molar-refractivity contribution >= 4 is 27.8 Å². The summed E-state index contributed by atoms with van der Waals surface area (Å²) in [7, 11) is 0. The molecule has 2 aliphatic rings. The second kappa shape index (κ2) is 14.4. The molecule has 0 N–H and O–H groups in total. The van der Waals surface area contributed by atoms with Crippen molar-refractivity contribution in [2.75, 3.05) is 4.90 Å². The van der Waals surface area contributed by atoms with E-state index in [2.05, 4.69) is 255 Å². The lowest BCUT2D eigenvalue weighted by atomic mass is 9.67. The maximum atomic E-state index is 2.49. The molecule has 0 aliphatic heterocycles. The summed E-state index contributed by atoms with van der Waals surface area (Å²) in [6, 6.07) is 87.9. The molecule has 10 aromatic rings. The number of para-hydroxylation sites is 1. The van der Waals surface area contributed by atoms with Crippen molar-refractivity contribution in [3.05, 3.63) is 270 Å². The standard InChI is InChI=1S/C62H45N/c1-61(2)55-28-14-12-26-54(55)60-53(27-17-30-57(60)61)52-25-13-16-31-59(52)63(48-36-34-43(35-37-48)45-33-32-42-18-9-10-19-44(42)40-45)49-38-39-51-50-24-11-15-29-56(50)62(58(51)41-49,46-20-5-3-6-21-46)47-22-7-4-8-23-47/h3-41H,1-2H3. The number of hydrogen-bond donors (Lipinski definition) is 0. The Morgan fingerprint density at radius 1 is 0.317 bits per heavy atom. The minimum absolute atomic E-state index is 0.109. The van der Waals surface area contributed by atoms with Gasteiger partial charge in [0.25, 0.3) is 0 Å². The Labute approximate surface area is 370 Å². The lowest BCUT2D eigenvalue weighted by Gasteiger charge is -2.35. The van der Waals surface area contributed by atoms with Crippen molar-refractivity contribution in [2.24, 2.45) is 0 Å². The fourth-order valence-corrected chi connectivity index (χ4v) is 11.0. The van der Waals surface area contributed by atoms with Crippen LogP contribution in [0.1, 0.15) is 47.2 Å². The fourth-order valence-electron chi connectivity index (χ4n) is 11.0. The molecule has 1 nitrogen and oxygen atoms in total. The lowest BCUT2D eigenvalue weighted by molar-refractivity contribution is 0.660. The van der Waals surface area contributed by atoms with Gasteiger partial charge < -0.3 is 4.90 Å². The zero-order valence-electron chi connectivity index (χ0n) is 35.5. The Hall–Kier alpha value is -7.74. The average molecular weight is 804 g/mol. The van der Waals surface area contributed by atoms with E-state index in [0.29, 0.717) is 0 Å². The van der Waals surface area contributed by atoms with E-state index in [9.17, 15) is 0 Å². The molecule has 0 fully saturated rings. The molecule has 2 aliphatic carbocycles. The maximum Gasteiger partial charge on any atom is 0.0714 e. The van der Waals surface area contributed by atoms with Gasteiger partial charge in [-0.3, -0.25) is 0 Å². The van der Waals surface area contributed by atoms with Crippen LogP contribution in [0.3, 0.4) is 0 Å². The Morgan fingerprint density at radius 2 is 0.857 bits per heavy atom. The summed E-state index contributed by atoms with van der Waals surface area (Å²) in [5, 5.41) is 2.49. The van der Waals surface area contributed by atoms with Crippen LogP contribution in [0.25, 0.3) is 55.3 Å². The topological polar surface area (TPSA) is 3.24 Å². The van der Waals surface area contributed by atoms with Gasteiger partial charge in [-0.2, -0.15) is 0 Å². The van der Waals surface area contributed by atoms with Gasteiger partial charge in [0.15, 0.2) is 0 Å². The monoisotopic (exact) mass is 803 g/mol. The summed E-state index contributed by atoms with van der Waals surface area (Å²) in [4.78, 5) is 2.49. The molecule has 0 radical (unpaired) electrons. The molecule has 0 spiro atoms. The first kappa shape index (κ1) is 37.1. The maximum absolute atomic E-state index is 2.49. The van der Waals surface area contributed by atoms with Crippen molar-refractivity contribution in [2.45, 2.75) is 24.7 Å². The molecule has 0 amide bonds. The number of fused-ring (bicyclic) bond motifs is 7. The Morgan fingerprint density at radius 3 is 1.60 bits per heavy atom. The van der Waals surface area contributed by atoms with Gasteiger partial charge >= 0.3 is 0 Å². The Balaban J connectivity index is 1.10. The quantitative estimate of drug-likeness (QED) is 0.155. The minimum Gasteiger partial charge on any atom is -0.310 e. The van der Waals surface area contributed by atoms with Crippen LogP contribution in [0.2, 0.25) is 0 Å². The molecule has 63 heavy (non-hydrogen) atoms. The van der Waals surface area contributed by atoms with E-state index in [4.69, 9.17) is 0 Å². The molecule has 0 atom stereocenters. The highest BCUT2D eigenvalue weighted by atomic mass is 15.1. The zero-order chi connectivity index (χ0) is 42.1. The minimum atomic E-state index is -0.523. The van der Waals surface area contributed by atoms with E-state index in [1.54, 1.807) is 0 Å². The van der Waals surface area contributed by atoms with Crippen LogP contribution in [0.4, 0.5) is 17.1 Å². The van der Waals surface area contributed by atoms with Gasteiger partial charge in [-0.1, -0.05) is 214 Å². The summed E-state index contributed by atoms with van der Waals surface area (Å²) < 4.78 is 0. The molecule has 0 bridgehead atoms. The predicted octanol–water partition coefficient (Wildman–Crippen LogP) is 16.3. The van der Waals surface area contributed by atoms with Crippen LogP contribution in [-0.2, 0) is 10.8 Å². The summed E-state index contributed by atoms with van der Waals surface area (Å²) in [6.45, 7) is 4.73. The molecule has 0 heterocycles. The van der Waals surface area contributed by atoms with Crippen molar-refractivity contribution < 1.29 is 0 Å². The molecule has 298 valence electrons. The largest absolute Gasteiger partial charge is 0.310 e. The van der Waals surface area contributed by atoms with Crippen LogP contribution < -0.4 is 4.90 Å². The van der Waals surface area contributed by atoms with Crippen LogP contribution >= 0.6 is 0 Å².